The highest BCUT2D eigenvalue weighted by molar-refractivity contribution is 5.97. The fourth-order valence-electron chi connectivity index (χ4n) is 17.2. The van der Waals surface area contributed by atoms with E-state index in [-0.39, 0.29) is 21.7 Å². The molecule has 0 fully saturated rings. The molecule has 0 N–H and O–H groups in total. The molecule has 19 rings (SSSR count). The smallest absolute Gasteiger partial charge is 0.0717 e. The Balaban J connectivity index is 0.624. The number of hydrogen-bond donors (Lipinski definition) is 0. The standard InChI is InChI=1S/C120H100N10/c1-117(2,3)113-57-47-85(73-127-113)109-53-43-81(69-123-109)97-27-15-21-33-103(97)91-61-89(62-92(65-91)104-34-22-16-28-98(104)82-44-54-110(124-70-82)86-48-58-114(128-74-86)118(4,5)6)101-31-19-13-25-95(101)79-41-51-107(121-67-79)77-37-39-78(40-38-77)108-52-42-80(68-122-108)96-26-14-20-32-102(96)90-63-93(105-35-23-17-29-99(105)83-45-55-111(125-71-83)87-49-59-115(129-75-87)119(7,8)9)66-94(64-90)106-36-24-18-30-100(106)84-46-56-112(126-72-84)88-50-60-116(130-76-88)120(10,11)12/h13-76H,1-12H3. The quantitative estimate of drug-likeness (QED) is 0.0819. The highest BCUT2D eigenvalue weighted by atomic mass is 14.8. The van der Waals surface area contributed by atoms with Gasteiger partial charge in [-0.05, 0) is 221 Å². The van der Waals surface area contributed by atoms with Crippen molar-refractivity contribution in [2.24, 2.45) is 0 Å². The highest BCUT2D eigenvalue weighted by Crippen LogP contribution is 2.47. The maximum Gasteiger partial charge on any atom is 0.0717 e. The number of nitrogens with zero attached hydrogens (tertiary/aromatic N) is 10. The first-order valence-corrected chi connectivity index (χ1v) is 44.6. The van der Waals surface area contributed by atoms with E-state index in [1.54, 1.807) is 0 Å². The second kappa shape index (κ2) is 35.0. The van der Waals surface area contributed by atoms with Crippen LogP contribution in [0.1, 0.15) is 106 Å². The van der Waals surface area contributed by atoms with E-state index in [2.05, 4.69) is 411 Å². The Morgan fingerprint density at radius 1 is 0.123 bits per heavy atom. The maximum absolute atomic E-state index is 5.22. The molecule has 10 nitrogen and oxygen atoms in total. The number of pyridine rings is 10. The van der Waals surface area contributed by atoms with Crippen LogP contribution in [0.3, 0.4) is 0 Å². The average Bonchev–Trinajstić information content (AvgIpc) is 0.768. The van der Waals surface area contributed by atoms with Crippen LogP contribution in [0.25, 0.3) is 201 Å². The molecule has 0 radical (unpaired) electrons. The zero-order valence-corrected chi connectivity index (χ0v) is 75.4. The summed E-state index contributed by atoms with van der Waals surface area (Å²) >= 11 is 0. The van der Waals surface area contributed by atoms with Crippen LogP contribution in [0.5, 0.6) is 0 Å². The molecular formula is C120H100N10. The summed E-state index contributed by atoms with van der Waals surface area (Å²) in [5.41, 5.74) is 40.5. The van der Waals surface area contributed by atoms with Crippen LogP contribution >= 0.6 is 0 Å². The van der Waals surface area contributed by atoms with Crippen LogP contribution in [0.2, 0.25) is 0 Å². The first-order valence-electron chi connectivity index (χ1n) is 44.6. The van der Waals surface area contributed by atoms with Crippen molar-refractivity contribution < 1.29 is 0 Å². The minimum Gasteiger partial charge on any atom is -0.260 e. The molecule has 630 valence electrons. The number of aromatic nitrogens is 10. The normalized spacial score (nSPS) is 11.8. The first-order chi connectivity index (χ1) is 62.9. The summed E-state index contributed by atoms with van der Waals surface area (Å²) in [7, 11) is 0. The molecule has 0 aliphatic rings. The largest absolute Gasteiger partial charge is 0.260 e. The van der Waals surface area contributed by atoms with Crippen molar-refractivity contribution in [2.75, 3.05) is 0 Å². The van der Waals surface area contributed by atoms with E-state index in [4.69, 9.17) is 49.8 Å². The van der Waals surface area contributed by atoms with Crippen molar-refractivity contribution in [1.82, 2.24) is 49.8 Å². The summed E-state index contributed by atoms with van der Waals surface area (Å²) < 4.78 is 0. The van der Waals surface area contributed by atoms with Gasteiger partial charge in [0.2, 0.25) is 0 Å². The molecule has 130 heavy (non-hydrogen) atoms. The van der Waals surface area contributed by atoms with E-state index >= 15 is 0 Å². The van der Waals surface area contributed by atoms with Gasteiger partial charge in [0.05, 0.1) is 34.2 Å². The van der Waals surface area contributed by atoms with Gasteiger partial charge in [0, 0.05) is 173 Å². The van der Waals surface area contributed by atoms with Gasteiger partial charge in [-0.1, -0.05) is 289 Å². The van der Waals surface area contributed by atoms with E-state index in [1.165, 1.54) is 0 Å². The monoisotopic (exact) mass is 1680 g/mol. The molecule has 0 aliphatic carbocycles. The summed E-state index contributed by atoms with van der Waals surface area (Å²) in [5.74, 6) is 0. The van der Waals surface area contributed by atoms with Crippen molar-refractivity contribution in [1.29, 1.82) is 0 Å². The van der Waals surface area contributed by atoms with E-state index < -0.39 is 0 Å². The molecule has 0 saturated carbocycles. The van der Waals surface area contributed by atoms with Crippen LogP contribution in [0.4, 0.5) is 0 Å². The van der Waals surface area contributed by atoms with Gasteiger partial charge in [0.25, 0.3) is 0 Å². The van der Waals surface area contributed by atoms with Crippen molar-refractivity contribution in [3.8, 4) is 201 Å². The fraction of sp³-hybridized carbons (Fsp3) is 0.133. The van der Waals surface area contributed by atoms with Gasteiger partial charge in [-0.15, -0.1) is 0 Å². The molecule has 10 heterocycles. The van der Waals surface area contributed by atoms with Crippen molar-refractivity contribution in [3.63, 3.8) is 0 Å². The topological polar surface area (TPSA) is 129 Å². The van der Waals surface area contributed by atoms with E-state index in [1.807, 2.05) is 62.0 Å². The Morgan fingerprint density at radius 3 is 0.385 bits per heavy atom. The lowest BCUT2D eigenvalue weighted by molar-refractivity contribution is 0.569. The number of rotatable bonds is 18. The third kappa shape index (κ3) is 17.8. The molecule has 10 aromatic heterocycles. The van der Waals surface area contributed by atoms with Gasteiger partial charge >= 0.3 is 0 Å². The minimum absolute atomic E-state index is 0.0554. The number of hydrogen-bond acceptors (Lipinski definition) is 10. The van der Waals surface area contributed by atoms with Crippen LogP contribution in [-0.2, 0) is 21.7 Å². The average molecular weight is 1680 g/mol. The lowest BCUT2D eigenvalue weighted by Gasteiger charge is -2.18. The highest BCUT2D eigenvalue weighted by Gasteiger charge is 2.25. The zero-order valence-electron chi connectivity index (χ0n) is 75.4. The van der Waals surface area contributed by atoms with Crippen LogP contribution < -0.4 is 0 Å². The third-order valence-electron chi connectivity index (χ3n) is 24.5. The summed E-state index contributed by atoms with van der Waals surface area (Å²) in [4.78, 5) is 50.0. The predicted molar refractivity (Wildman–Crippen MR) is 537 cm³/mol. The van der Waals surface area contributed by atoms with Crippen LogP contribution in [-0.4, -0.2) is 49.8 Å². The van der Waals surface area contributed by atoms with E-state index in [0.717, 1.165) is 224 Å². The summed E-state index contributed by atoms with van der Waals surface area (Å²) in [6.45, 7) is 26.2. The molecule has 0 saturated heterocycles. The summed E-state index contributed by atoms with van der Waals surface area (Å²) in [6.07, 6.45) is 19.7. The molecule has 0 amide bonds. The van der Waals surface area contributed by atoms with E-state index in [9.17, 15) is 0 Å². The molecule has 0 bridgehead atoms. The maximum atomic E-state index is 5.22. The van der Waals surface area contributed by atoms with E-state index in [0.29, 0.717) is 0 Å². The SMILES string of the molecule is CC(C)(C)c1ccc(-c2ccc(-c3ccccc3-c3cc(-c4ccccc4-c4ccc(-c5ccc(-c6ccc(-c7ccccc7-c7cc(-c8ccccc8-c8ccc(-c9ccc(C(C)(C)C)nc9)nc8)cc(-c8ccccc8-c8ccc(-c9ccc(C(C)(C)C)nc9)nc8)c7)cn6)cc5)nc4)cc(-c4ccccc4-c4ccc(-c5ccc(C(C)(C)C)nc5)nc4)c3)cn2)cn1. The Bertz CT molecular complexity index is 6540. The molecule has 0 atom stereocenters. The summed E-state index contributed by atoms with van der Waals surface area (Å²) in [5, 5.41) is 0. The van der Waals surface area contributed by atoms with Gasteiger partial charge in [0.15, 0.2) is 0 Å². The molecule has 9 aromatic carbocycles. The second-order valence-electron chi connectivity index (χ2n) is 37.8. The minimum atomic E-state index is -0.0554. The fourth-order valence-corrected chi connectivity index (χ4v) is 17.2. The second-order valence-corrected chi connectivity index (χ2v) is 37.8. The molecule has 0 spiro atoms. The van der Waals surface area contributed by atoms with Gasteiger partial charge in [-0.3, -0.25) is 49.8 Å². The van der Waals surface area contributed by atoms with Crippen LogP contribution in [0, 0.1) is 0 Å². The Labute approximate surface area is 762 Å². The van der Waals surface area contributed by atoms with Gasteiger partial charge in [0.1, 0.15) is 0 Å². The van der Waals surface area contributed by atoms with Gasteiger partial charge in [-0.2, -0.15) is 0 Å². The Morgan fingerprint density at radius 2 is 0.254 bits per heavy atom. The molecule has 0 unspecified atom stereocenters. The molecular weight excluding hydrogens is 1580 g/mol. The van der Waals surface area contributed by atoms with Gasteiger partial charge < -0.3 is 0 Å². The third-order valence-corrected chi connectivity index (χ3v) is 24.5. The Kier molecular flexibility index (Phi) is 22.6. The van der Waals surface area contributed by atoms with Crippen LogP contribution in [0.15, 0.2) is 390 Å². The number of benzene rings is 9. The predicted octanol–water partition coefficient (Wildman–Crippen LogP) is 30.8. The molecule has 19 aromatic rings. The van der Waals surface area contributed by atoms with Crippen molar-refractivity contribution >= 4 is 0 Å². The lowest BCUT2D eigenvalue weighted by atomic mass is 9.86. The molecule has 10 heteroatoms. The Hall–Kier alpha value is -15.5. The zero-order chi connectivity index (χ0) is 89.4. The van der Waals surface area contributed by atoms with Crippen molar-refractivity contribution in [2.45, 2.75) is 105 Å². The summed E-state index contributed by atoms with van der Waals surface area (Å²) in [6, 6.07) is 117. The van der Waals surface area contributed by atoms with Crippen molar-refractivity contribution in [3.05, 3.63) is 412 Å². The van der Waals surface area contributed by atoms with Gasteiger partial charge in [-0.25, -0.2) is 0 Å². The first kappa shape index (κ1) is 84.0. The lowest BCUT2D eigenvalue weighted by Crippen LogP contribution is -2.12. The molecule has 0 aliphatic heterocycles.